The predicted octanol–water partition coefficient (Wildman–Crippen LogP) is 3.06. The Balaban J connectivity index is 2.14. The van der Waals surface area contributed by atoms with Gasteiger partial charge in [0.05, 0.1) is 16.6 Å². The van der Waals surface area contributed by atoms with Crippen molar-refractivity contribution < 1.29 is 5.11 Å². The third kappa shape index (κ3) is 2.58. The first kappa shape index (κ1) is 11.9. The van der Waals surface area contributed by atoms with Crippen LogP contribution in [-0.4, -0.2) is 14.9 Å². The Bertz CT molecular complexity index is 495. The molecule has 2 heterocycles. The number of aryl methyl sites for hydroxylation is 1. The maximum atomic E-state index is 10.0. The number of nitrogens with zero attached hydrogens (tertiary/aromatic N) is 2. The first-order valence-electron chi connectivity index (χ1n) is 4.66. The summed E-state index contributed by atoms with van der Waals surface area (Å²) < 4.78 is 2.83. The summed E-state index contributed by atoms with van der Waals surface area (Å²) in [7, 11) is 1.84. The molecule has 0 bridgehead atoms. The summed E-state index contributed by atoms with van der Waals surface area (Å²) >= 11 is 13.1. The average Bonchev–Trinajstić information content (AvgIpc) is 2.73. The summed E-state index contributed by atoms with van der Waals surface area (Å²) in [5.74, 6) is 0. The zero-order valence-electron chi connectivity index (χ0n) is 8.52. The van der Waals surface area contributed by atoms with E-state index in [0.29, 0.717) is 20.7 Å². The molecule has 0 spiro atoms. The van der Waals surface area contributed by atoms with Gasteiger partial charge in [-0.3, -0.25) is 4.68 Å². The quantitative estimate of drug-likeness (QED) is 0.936. The second-order valence-electron chi connectivity index (χ2n) is 3.52. The molecule has 0 aliphatic carbocycles. The number of aliphatic hydroxyl groups excluding tert-OH is 1. The molecule has 1 atom stereocenters. The van der Waals surface area contributed by atoms with Crippen molar-refractivity contribution in [1.82, 2.24) is 9.78 Å². The van der Waals surface area contributed by atoms with Crippen molar-refractivity contribution in [2.45, 2.75) is 12.5 Å². The molecule has 0 saturated carbocycles. The van der Waals surface area contributed by atoms with Crippen LogP contribution in [0, 0.1) is 0 Å². The summed E-state index contributed by atoms with van der Waals surface area (Å²) in [5, 5.41) is 14.0. The minimum Gasteiger partial charge on any atom is -0.388 e. The van der Waals surface area contributed by atoms with Crippen LogP contribution in [0.5, 0.6) is 0 Å². The van der Waals surface area contributed by atoms with Crippen LogP contribution >= 0.6 is 34.5 Å². The Labute approximate surface area is 107 Å². The predicted molar refractivity (Wildman–Crippen MR) is 66.2 cm³/mol. The fraction of sp³-hybridized carbons (Fsp3) is 0.300. The van der Waals surface area contributed by atoms with Gasteiger partial charge in [-0.15, -0.1) is 11.3 Å². The van der Waals surface area contributed by atoms with E-state index in [1.165, 1.54) is 11.3 Å². The monoisotopic (exact) mass is 276 g/mol. The molecule has 0 aliphatic rings. The molecule has 6 heteroatoms. The summed E-state index contributed by atoms with van der Waals surface area (Å²) in [5.41, 5.74) is 1.65. The molecule has 2 aromatic rings. The molecule has 0 amide bonds. The Morgan fingerprint density at radius 1 is 1.56 bits per heavy atom. The van der Waals surface area contributed by atoms with Gasteiger partial charge in [-0.25, -0.2) is 0 Å². The van der Waals surface area contributed by atoms with Crippen LogP contribution in [-0.2, 0) is 13.5 Å². The molecule has 1 N–H and O–H groups in total. The summed E-state index contributed by atoms with van der Waals surface area (Å²) in [6, 6.07) is 1.70. The Morgan fingerprint density at radius 2 is 2.31 bits per heavy atom. The highest BCUT2D eigenvalue weighted by Gasteiger charge is 2.16. The summed E-state index contributed by atoms with van der Waals surface area (Å²) in [6.07, 6.45) is 3.44. The van der Waals surface area contributed by atoms with Gasteiger partial charge in [0.25, 0.3) is 0 Å². The molecule has 16 heavy (non-hydrogen) atoms. The van der Waals surface area contributed by atoms with Crippen LogP contribution in [0.15, 0.2) is 18.5 Å². The largest absolute Gasteiger partial charge is 0.388 e. The molecular formula is C10H10Cl2N2OS. The summed E-state index contributed by atoms with van der Waals surface area (Å²) in [6.45, 7) is 0. The van der Waals surface area contributed by atoms with Crippen LogP contribution in [0.2, 0.25) is 8.67 Å². The fourth-order valence-corrected chi connectivity index (χ4v) is 3.06. The molecule has 0 radical (unpaired) electrons. The highest BCUT2D eigenvalue weighted by molar-refractivity contribution is 7.20. The van der Waals surface area contributed by atoms with Gasteiger partial charge in [0.2, 0.25) is 0 Å². The number of hydrogen-bond acceptors (Lipinski definition) is 3. The van der Waals surface area contributed by atoms with E-state index in [-0.39, 0.29) is 0 Å². The Morgan fingerprint density at radius 3 is 2.81 bits per heavy atom. The normalized spacial score (nSPS) is 13.0. The molecule has 3 nitrogen and oxygen atoms in total. The van der Waals surface area contributed by atoms with Gasteiger partial charge in [-0.05, 0) is 11.6 Å². The van der Waals surface area contributed by atoms with Gasteiger partial charge < -0.3 is 5.11 Å². The van der Waals surface area contributed by atoms with Crippen molar-refractivity contribution in [2.75, 3.05) is 0 Å². The van der Waals surface area contributed by atoms with Gasteiger partial charge >= 0.3 is 0 Å². The zero-order valence-corrected chi connectivity index (χ0v) is 10.9. The van der Waals surface area contributed by atoms with E-state index in [9.17, 15) is 5.11 Å². The third-order valence-corrected chi connectivity index (χ3v) is 3.75. The van der Waals surface area contributed by atoms with Crippen molar-refractivity contribution in [1.29, 1.82) is 0 Å². The SMILES string of the molecule is Cn1cc(CC(O)c2cc(Cl)sc2Cl)cn1. The van der Waals surface area contributed by atoms with Gasteiger partial charge in [0.1, 0.15) is 4.34 Å². The van der Waals surface area contributed by atoms with Gasteiger partial charge in [-0.1, -0.05) is 23.2 Å². The van der Waals surface area contributed by atoms with Crippen molar-refractivity contribution in [3.8, 4) is 0 Å². The van der Waals surface area contributed by atoms with Crippen LogP contribution in [0.3, 0.4) is 0 Å². The van der Waals surface area contributed by atoms with Gasteiger partial charge in [0.15, 0.2) is 0 Å². The third-order valence-electron chi connectivity index (χ3n) is 2.23. The van der Waals surface area contributed by atoms with Crippen molar-refractivity contribution in [3.63, 3.8) is 0 Å². The number of hydrogen-bond donors (Lipinski definition) is 1. The zero-order chi connectivity index (χ0) is 11.7. The topological polar surface area (TPSA) is 38.0 Å². The first-order valence-corrected chi connectivity index (χ1v) is 6.24. The second-order valence-corrected chi connectivity index (χ2v) is 5.81. The first-order chi connectivity index (χ1) is 7.56. The van der Waals surface area contributed by atoms with E-state index in [1.807, 2.05) is 13.2 Å². The second kappa shape index (κ2) is 4.75. The van der Waals surface area contributed by atoms with Crippen LogP contribution in [0.1, 0.15) is 17.2 Å². The smallest absolute Gasteiger partial charge is 0.100 e. The van der Waals surface area contributed by atoms with Crippen molar-refractivity contribution >= 4 is 34.5 Å². The molecule has 1 unspecified atom stereocenters. The average molecular weight is 277 g/mol. The minimum absolute atomic E-state index is 0.487. The molecular weight excluding hydrogens is 267 g/mol. The van der Waals surface area contributed by atoms with Crippen LogP contribution in [0.25, 0.3) is 0 Å². The minimum atomic E-state index is -0.638. The lowest BCUT2D eigenvalue weighted by molar-refractivity contribution is 0.179. The molecule has 0 saturated heterocycles. The van der Waals surface area contributed by atoms with Crippen LogP contribution < -0.4 is 0 Å². The summed E-state index contributed by atoms with van der Waals surface area (Å²) in [4.78, 5) is 0. The molecule has 2 aromatic heterocycles. The lowest BCUT2D eigenvalue weighted by Crippen LogP contribution is -2.00. The number of halogens is 2. The molecule has 2 rings (SSSR count). The van der Waals surface area contributed by atoms with Gasteiger partial charge in [0, 0.05) is 25.2 Å². The Hall–Kier alpha value is -0.550. The van der Waals surface area contributed by atoms with E-state index >= 15 is 0 Å². The Kier molecular flexibility index (Phi) is 3.54. The molecule has 86 valence electrons. The lowest BCUT2D eigenvalue weighted by atomic mass is 10.1. The highest BCUT2D eigenvalue weighted by Crippen LogP contribution is 2.35. The van der Waals surface area contributed by atoms with Crippen molar-refractivity contribution in [3.05, 3.63) is 38.3 Å². The number of thiophene rings is 1. The van der Waals surface area contributed by atoms with Gasteiger partial charge in [-0.2, -0.15) is 5.10 Å². The maximum absolute atomic E-state index is 10.0. The van der Waals surface area contributed by atoms with Crippen LogP contribution in [0.4, 0.5) is 0 Å². The fourth-order valence-electron chi connectivity index (χ4n) is 1.49. The van der Waals surface area contributed by atoms with E-state index in [2.05, 4.69) is 5.10 Å². The van der Waals surface area contributed by atoms with E-state index in [4.69, 9.17) is 23.2 Å². The highest BCUT2D eigenvalue weighted by atomic mass is 35.5. The molecule has 0 aliphatic heterocycles. The number of aliphatic hydroxyl groups is 1. The van der Waals surface area contributed by atoms with E-state index in [0.717, 1.165) is 5.56 Å². The number of rotatable bonds is 3. The maximum Gasteiger partial charge on any atom is 0.100 e. The molecule has 0 aromatic carbocycles. The lowest BCUT2D eigenvalue weighted by Gasteiger charge is -2.07. The standard InChI is InChI=1S/C10H10Cl2N2OS/c1-14-5-6(4-13-14)2-8(15)7-3-9(11)16-10(7)12/h3-5,8,15H,2H2,1H3. The molecule has 0 fully saturated rings. The van der Waals surface area contributed by atoms with E-state index in [1.54, 1.807) is 16.9 Å². The van der Waals surface area contributed by atoms with E-state index < -0.39 is 6.10 Å². The number of aromatic nitrogens is 2. The van der Waals surface area contributed by atoms with Crippen molar-refractivity contribution in [2.24, 2.45) is 7.05 Å².